The molecule has 0 spiro atoms. The highest BCUT2D eigenvalue weighted by Gasteiger charge is 2.35. The minimum Gasteiger partial charge on any atom is -0.455 e. The first kappa shape index (κ1) is 26.6. The molecule has 0 saturated carbocycles. The van der Waals surface area contributed by atoms with Crippen molar-refractivity contribution in [2.24, 2.45) is 0 Å². The van der Waals surface area contributed by atoms with Crippen molar-refractivity contribution >= 4 is 21.9 Å². The molecule has 2 heterocycles. The fourth-order valence-electron chi connectivity index (χ4n) is 7.22. The standard InChI is InChI=1S/C43H30N2O/c1-43(2)36-21-10-8-16-30(36)31-24-23-28(25-37(31)43)42-44-38(32-17-7-6-15-29(32)27-13-4-3-5-14-27)26-39(45-42)35-20-12-19-34-33-18-9-11-22-40(33)46-41(34)35/h3-26H,1-2H3. The maximum Gasteiger partial charge on any atom is 0.160 e. The second kappa shape index (κ2) is 10.1. The zero-order valence-corrected chi connectivity index (χ0v) is 25.7. The van der Waals surface area contributed by atoms with Gasteiger partial charge >= 0.3 is 0 Å². The topological polar surface area (TPSA) is 38.9 Å². The van der Waals surface area contributed by atoms with E-state index in [1.807, 2.05) is 12.1 Å². The van der Waals surface area contributed by atoms with Crippen LogP contribution in [0.5, 0.6) is 0 Å². The average Bonchev–Trinajstić information content (AvgIpc) is 3.60. The highest BCUT2D eigenvalue weighted by molar-refractivity contribution is 6.09. The Bertz CT molecular complexity index is 2450. The van der Waals surface area contributed by atoms with Gasteiger partial charge in [-0.1, -0.05) is 135 Å². The molecule has 1 aliphatic rings. The van der Waals surface area contributed by atoms with Crippen LogP contribution in [0.1, 0.15) is 25.0 Å². The van der Waals surface area contributed by atoms with Gasteiger partial charge in [0, 0.05) is 32.9 Å². The van der Waals surface area contributed by atoms with E-state index in [1.165, 1.54) is 22.3 Å². The van der Waals surface area contributed by atoms with Crippen LogP contribution in [0.2, 0.25) is 0 Å². The van der Waals surface area contributed by atoms with E-state index in [0.717, 1.165) is 61.1 Å². The normalized spacial score (nSPS) is 13.2. The predicted molar refractivity (Wildman–Crippen MR) is 189 cm³/mol. The van der Waals surface area contributed by atoms with Crippen LogP contribution in [0.3, 0.4) is 0 Å². The number of hydrogen-bond donors (Lipinski definition) is 0. The van der Waals surface area contributed by atoms with Crippen molar-refractivity contribution in [3.05, 3.63) is 157 Å². The fourth-order valence-corrected chi connectivity index (χ4v) is 7.22. The Hall–Kier alpha value is -5.80. The summed E-state index contributed by atoms with van der Waals surface area (Å²) in [5.74, 6) is 0.693. The Morgan fingerprint density at radius 3 is 1.93 bits per heavy atom. The summed E-state index contributed by atoms with van der Waals surface area (Å²) in [5, 5.41) is 2.18. The van der Waals surface area contributed by atoms with Gasteiger partial charge in [0.1, 0.15) is 11.2 Å². The number of hydrogen-bond acceptors (Lipinski definition) is 3. The number of aromatic nitrogens is 2. The van der Waals surface area contributed by atoms with Crippen LogP contribution in [0.15, 0.2) is 150 Å². The monoisotopic (exact) mass is 590 g/mol. The Morgan fingerprint density at radius 2 is 1.09 bits per heavy atom. The molecular formula is C43H30N2O. The highest BCUT2D eigenvalue weighted by atomic mass is 16.3. The largest absolute Gasteiger partial charge is 0.455 e. The van der Waals surface area contributed by atoms with Gasteiger partial charge in [-0.25, -0.2) is 9.97 Å². The first-order valence-electron chi connectivity index (χ1n) is 15.8. The van der Waals surface area contributed by atoms with Crippen molar-refractivity contribution in [2.75, 3.05) is 0 Å². The van der Waals surface area contributed by atoms with Crippen LogP contribution in [0, 0.1) is 0 Å². The molecule has 0 amide bonds. The van der Waals surface area contributed by atoms with Crippen molar-refractivity contribution in [3.63, 3.8) is 0 Å². The van der Waals surface area contributed by atoms with Gasteiger partial charge in [0.25, 0.3) is 0 Å². The summed E-state index contributed by atoms with van der Waals surface area (Å²) in [6, 6.07) is 51.1. The van der Waals surface area contributed by atoms with Crippen LogP contribution in [-0.2, 0) is 5.41 Å². The molecule has 0 radical (unpaired) electrons. The summed E-state index contributed by atoms with van der Waals surface area (Å²) in [7, 11) is 0. The third kappa shape index (κ3) is 4.05. The van der Waals surface area contributed by atoms with Crippen molar-refractivity contribution in [1.82, 2.24) is 9.97 Å². The molecule has 0 saturated heterocycles. The number of rotatable bonds is 4. The van der Waals surface area contributed by atoms with E-state index in [2.05, 4.69) is 147 Å². The van der Waals surface area contributed by atoms with Crippen molar-refractivity contribution < 1.29 is 4.42 Å². The first-order valence-corrected chi connectivity index (χ1v) is 15.8. The van der Waals surface area contributed by atoms with Gasteiger partial charge in [-0.2, -0.15) is 0 Å². The zero-order chi connectivity index (χ0) is 30.8. The van der Waals surface area contributed by atoms with E-state index in [1.54, 1.807) is 0 Å². The van der Waals surface area contributed by atoms with Crippen LogP contribution >= 0.6 is 0 Å². The third-order valence-electron chi connectivity index (χ3n) is 9.54. The summed E-state index contributed by atoms with van der Waals surface area (Å²) in [4.78, 5) is 10.6. The molecule has 46 heavy (non-hydrogen) atoms. The first-order chi connectivity index (χ1) is 22.6. The maximum absolute atomic E-state index is 6.49. The third-order valence-corrected chi connectivity index (χ3v) is 9.54. The van der Waals surface area contributed by atoms with Crippen LogP contribution in [0.25, 0.3) is 78.1 Å². The molecule has 8 aromatic rings. The molecule has 0 N–H and O–H groups in total. The molecule has 0 bridgehead atoms. The minimum absolute atomic E-state index is 0.123. The Kier molecular flexibility index (Phi) is 5.85. The van der Waals surface area contributed by atoms with E-state index in [4.69, 9.17) is 14.4 Å². The van der Waals surface area contributed by atoms with Crippen molar-refractivity contribution in [3.8, 4) is 56.2 Å². The van der Waals surface area contributed by atoms with E-state index in [-0.39, 0.29) is 5.41 Å². The molecule has 3 nitrogen and oxygen atoms in total. The smallest absolute Gasteiger partial charge is 0.160 e. The summed E-state index contributed by atoms with van der Waals surface area (Å²) < 4.78 is 6.49. The summed E-state index contributed by atoms with van der Waals surface area (Å²) >= 11 is 0. The van der Waals surface area contributed by atoms with Crippen molar-refractivity contribution in [1.29, 1.82) is 0 Å². The predicted octanol–water partition coefficient (Wildman–Crippen LogP) is 11.4. The summed E-state index contributed by atoms with van der Waals surface area (Å²) in [6.45, 7) is 4.62. The lowest BCUT2D eigenvalue weighted by Gasteiger charge is -2.22. The SMILES string of the molecule is CC1(C)c2ccccc2-c2ccc(-c3nc(-c4ccccc4-c4ccccc4)cc(-c4cccc5c4oc4ccccc45)n3)cc21. The van der Waals surface area contributed by atoms with Crippen LogP contribution in [-0.4, -0.2) is 9.97 Å². The molecule has 6 aromatic carbocycles. The fraction of sp³-hybridized carbons (Fsp3) is 0.0698. The second-order valence-electron chi connectivity index (χ2n) is 12.6. The quantitative estimate of drug-likeness (QED) is 0.205. The van der Waals surface area contributed by atoms with Gasteiger partial charge in [-0.15, -0.1) is 0 Å². The summed E-state index contributed by atoms with van der Waals surface area (Å²) in [6.07, 6.45) is 0. The molecule has 9 rings (SSSR count). The van der Waals surface area contributed by atoms with E-state index < -0.39 is 0 Å². The minimum atomic E-state index is -0.123. The zero-order valence-electron chi connectivity index (χ0n) is 25.7. The Labute approximate surface area is 267 Å². The lowest BCUT2D eigenvalue weighted by molar-refractivity contribution is 0.660. The molecule has 2 aromatic heterocycles. The van der Waals surface area contributed by atoms with Gasteiger partial charge in [0.2, 0.25) is 0 Å². The highest BCUT2D eigenvalue weighted by Crippen LogP contribution is 2.49. The van der Waals surface area contributed by atoms with Gasteiger partial charge in [0.15, 0.2) is 5.82 Å². The molecule has 0 atom stereocenters. The lowest BCUT2D eigenvalue weighted by Crippen LogP contribution is -2.15. The maximum atomic E-state index is 6.49. The molecule has 1 aliphatic carbocycles. The van der Waals surface area contributed by atoms with E-state index in [0.29, 0.717) is 5.82 Å². The van der Waals surface area contributed by atoms with Crippen LogP contribution in [0.4, 0.5) is 0 Å². The molecule has 0 unspecified atom stereocenters. The number of benzene rings is 6. The van der Waals surface area contributed by atoms with Crippen molar-refractivity contribution in [2.45, 2.75) is 19.3 Å². The second-order valence-corrected chi connectivity index (χ2v) is 12.6. The number of fused-ring (bicyclic) bond motifs is 6. The molecule has 0 fully saturated rings. The molecular weight excluding hydrogens is 560 g/mol. The van der Waals surface area contributed by atoms with Gasteiger partial charge in [-0.3, -0.25) is 0 Å². The van der Waals surface area contributed by atoms with Crippen LogP contribution < -0.4 is 0 Å². The number of furan rings is 1. The molecule has 0 aliphatic heterocycles. The number of nitrogens with zero attached hydrogens (tertiary/aromatic N) is 2. The average molecular weight is 591 g/mol. The molecule has 218 valence electrons. The number of para-hydroxylation sites is 2. The Morgan fingerprint density at radius 1 is 0.457 bits per heavy atom. The van der Waals surface area contributed by atoms with E-state index in [9.17, 15) is 0 Å². The Balaban J connectivity index is 1.29. The van der Waals surface area contributed by atoms with E-state index >= 15 is 0 Å². The lowest BCUT2D eigenvalue weighted by atomic mass is 9.82. The van der Waals surface area contributed by atoms with Gasteiger partial charge in [-0.05, 0) is 57.6 Å². The van der Waals surface area contributed by atoms with Gasteiger partial charge in [0.05, 0.1) is 11.4 Å². The molecule has 3 heteroatoms. The van der Waals surface area contributed by atoms with Gasteiger partial charge < -0.3 is 4.42 Å². The summed E-state index contributed by atoms with van der Waals surface area (Å²) in [5.41, 5.74) is 13.8.